The fraction of sp³-hybridized carbons (Fsp3) is 0. The van der Waals surface area contributed by atoms with Crippen molar-refractivity contribution in [1.82, 2.24) is 0 Å². The number of rotatable bonds is 0. The van der Waals surface area contributed by atoms with Gasteiger partial charge in [-0.3, -0.25) is 0 Å². The molecule has 0 saturated heterocycles. The minimum Gasteiger partial charge on any atom is -0.163 e. The van der Waals surface area contributed by atoms with Gasteiger partial charge >= 0.3 is 10.5 Å². The lowest BCUT2D eigenvalue weighted by Gasteiger charge is -1.42. The van der Waals surface area contributed by atoms with Crippen molar-refractivity contribution in [3.8, 4) is 12.5 Å². The second-order valence-corrected chi connectivity index (χ2v) is 1.05. The first kappa shape index (κ1) is 5.18. The molecule has 0 atom stereocenters. The molecule has 0 radical (unpaired) electrons. The summed E-state index contributed by atoms with van der Waals surface area (Å²) in [6.07, 6.45) is 4.42. The minimum absolute atomic E-state index is 1.58. The maximum absolute atomic E-state index is 9.29. The van der Waals surface area contributed by atoms with E-state index in [4.69, 9.17) is 0 Å². The van der Waals surface area contributed by atoms with Crippen molar-refractivity contribution in [1.29, 1.82) is 0 Å². The van der Waals surface area contributed by atoms with Gasteiger partial charge in [-0.05, 0) is 0 Å². The normalized spacial score (nSPS) is 5.83. The summed E-state index contributed by atoms with van der Waals surface area (Å²) in [5.74, 6) is 0. The highest BCUT2D eigenvalue weighted by Gasteiger charge is 1.53. The average Bonchev–Trinajstić information content (AvgIpc) is 1.35. The van der Waals surface area contributed by atoms with Crippen LogP contribution in [0.3, 0.4) is 0 Å². The van der Waals surface area contributed by atoms with Crippen LogP contribution in [0.15, 0.2) is 4.36 Å². The lowest BCUT2D eigenvalue weighted by molar-refractivity contribution is 0.622. The van der Waals surface area contributed by atoms with Crippen molar-refractivity contribution < 1.29 is 8.42 Å². The highest BCUT2D eigenvalue weighted by molar-refractivity contribution is 7.61. The Hall–Kier alpha value is -0.820. The molecule has 0 unspecified atom stereocenters. The highest BCUT2D eigenvalue weighted by Crippen LogP contribution is 1.50. The molecule has 0 spiro atoms. The Labute approximate surface area is 36.7 Å². The summed E-state index contributed by atoms with van der Waals surface area (Å²) in [4.78, 5) is 0. The Bertz CT molecular complexity index is 174. The van der Waals surface area contributed by atoms with Crippen LogP contribution in [0.1, 0.15) is 0 Å². The first-order valence-electron chi connectivity index (χ1n) is 1.03. The van der Waals surface area contributed by atoms with Gasteiger partial charge in [0.25, 0.3) is 0 Å². The Kier molecular flexibility index (Phi) is 2.09. The molecule has 0 saturated carbocycles. The predicted molar refractivity (Wildman–Crippen MR) is 20.2 cm³/mol. The van der Waals surface area contributed by atoms with E-state index in [0.29, 0.717) is 0 Å². The summed E-state index contributed by atoms with van der Waals surface area (Å²) in [5.41, 5.74) is 0. The van der Waals surface area contributed by atoms with Crippen LogP contribution >= 0.6 is 0 Å². The zero-order valence-electron chi connectivity index (χ0n) is 2.75. The van der Waals surface area contributed by atoms with Crippen molar-refractivity contribution in [2.75, 3.05) is 0 Å². The second kappa shape index (κ2) is 2.42. The highest BCUT2D eigenvalue weighted by atomic mass is 32.2. The van der Waals surface area contributed by atoms with E-state index in [1.54, 1.807) is 6.04 Å². The quantitative estimate of drug-likeness (QED) is 0.393. The van der Waals surface area contributed by atoms with Crippen molar-refractivity contribution in [2.45, 2.75) is 0 Å². The molecule has 0 aliphatic rings. The molecule has 32 valence electrons. The maximum Gasteiger partial charge on any atom is 0.324 e. The summed E-state index contributed by atoms with van der Waals surface area (Å²) < 4.78 is 21.1. The summed E-state index contributed by atoms with van der Waals surface area (Å²) in [6, 6.07) is 1.58. The summed E-state index contributed by atoms with van der Waals surface area (Å²) >= 11 is 0. The van der Waals surface area contributed by atoms with Crippen LogP contribution in [-0.4, -0.2) is 8.42 Å². The van der Waals surface area contributed by atoms with Crippen molar-refractivity contribution >= 4 is 10.5 Å². The molecule has 0 rings (SSSR count). The minimum atomic E-state index is -2.43. The molecule has 0 bridgehead atoms. The van der Waals surface area contributed by atoms with Gasteiger partial charge in [0.05, 0.1) is 0 Å². The third kappa shape index (κ3) is 3.18. The van der Waals surface area contributed by atoms with Gasteiger partial charge in [-0.15, -0.1) is 0 Å². The maximum atomic E-state index is 9.29. The van der Waals surface area contributed by atoms with E-state index in [2.05, 4.69) is 10.8 Å². The van der Waals surface area contributed by atoms with E-state index in [1.807, 2.05) is 0 Å². The molecule has 0 aliphatic carbocycles. The molecular formula is C2HNO2S. The van der Waals surface area contributed by atoms with Crippen LogP contribution in [-0.2, 0) is 10.5 Å². The zero-order valence-corrected chi connectivity index (χ0v) is 3.57. The molecule has 0 N–H and O–H groups in total. The van der Waals surface area contributed by atoms with Gasteiger partial charge in [-0.2, -0.15) is 8.42 Å². The molecule has 4 heteroatoms. The topological polar surface area (TPSA) is 46.5 Å². The lowest BCUT2D eigenvalue weighted by Crippen LogP contribution is -1.47. The number of terminal acetylenes is 1. The van der Waals surface area contributed by atoms with Crippen LogP contribution < -0.4 is 0 Å². The lowest BCUT2D eigenvalue weighted by atomic mass is 11.2. The average molecular weight is 103 g/mol. The zero-order chi connectivity index (χ0) is 4.99. The van der Waals surface area contributed by atoms with E-state index < -0.39 is 10.5 Å². The van der Waals surface area contributed by atoms with Crippen LogP contribution in [0.4, 0.5) is 0 Å². The van der Waals surface area contributed by atoms with E-state index in [0.717, 1.165) is 0 Å². The second-order valence-electron chi connectivity index (χ2n) is 0.437. The fourth-order valence-electron chi connectivity index (χ4n) is 0.0430. The van der Waals surface area contributed by atoms with Crippen molar-refractivity contribution in [3.05, 3.63) is 0 Å². The molecule has 3 nitrogen and oxygen atoms in total. The van der Waals surface area contributed by atoms with Gasteiger partial charge < -0.3 is 0 Å². The molecule has 0 heterocycles. The Balaban J connectivity index is 4.31. The molecule has 0 aromatic rings. The molecule has 0 amide bonds. The summed E-state index contributed by atoms with van der Waals surface area (Å²) in [5, 5.41) is 0. The standard InChI is InChI=1S/C2HNO2S/c1-2-3-6(4)5/h1H. The molecule has 0 fully saturated rings. The molecule has 0 aliphatic heterocycles. The van der Waals surface area contributed by atoms with E-state index in [-0.39, 0.29) is 0 Å². The number of hydrogen-bond acceptors (Lipinski definition) is 3. The number of hydrogen-bond donors (Lipinski definition) is 0. The van der Waals surface area contributed by atoms with Crippen LogP contribution in [0, 0.1) is 12.5 Å². The summed E-state index contributed by atoms with van der Waals surface area (Å²) in [7, 11) is -2.43. The monoisotopic (exact) mass is 103 g/mol. The Morgan fingerprint density at radius 1 is 1.67 bits per heavy atom. The van der Waals surface area contributed by atoms with Gasteiger partial charge in [0, 0.05) is 6.04 Å². The Morgan fingerprint density at radius 3 is 2.17 bits per heavy atom. The third-order valence-corrected chi connectivity index (χ3v) is 0.382. The Morgan fingerprint density at radius 2 is 2.17 bits per heavy atom. The van der Waals surface area contributed by atoms with Crippen LogP contribution in [0.5, 0.6) is 0 Å². The fourth-order valence-corrected chi connectivity index (χ4v) is 0.129. The van der Waals surface area contributed by atoms with Crippen LogP contribution in [0.2, 0.25) is 0 Å². The van der Waals surface area contributed by atoms with Crippen molar-refractivity contribution in [3.63, 3.8) is 0 Å². The molecular weight excluding hydrogens is 102 g/mol. The van der Waals surface area contributed by atoms with Gasteiger partial charge in [0.2, 0.25) is 0 Å². The molecule has 6 heavy (non-hydrogen) atoms. The molecule has 0 aromatic heterocycles. The van der Waals surface area contributed by atoms with Crippen LogP contribution in [0.25, 0.3) is 0 Å². The first-order valence-corrected chi connectivity index (χ1v) is 2.06. The number of nitrogens with zero attached hydrogens (tertiary/aromatic N) is 1. The first-order chi connectivity index (χ1) is 2.77. The summed E-state index contributed by atoms with van der Waals surface area (Å²) in [6.45, 7) is 0. The van der Waals surface area contributed by atoms with Gasteiger partial charge in [-0.25, -0.2) is 0 Å². The predicted octanol–water partition coefficient (Wildman–Crippen LogP) is -0.360. The molecule has 0 aromatic carbocycles. The van der Waals surface area contributed by atoms with E-state index in [1.165, 1.54) is 0 Å². The van der Waals surface area contributed by atoms with Gasteiger partial charge in [0.15, 0.2) is 0 Å². The van der Waals surface area contributed by atoms with Gasteiger partial charge in [-0.1, -0.05) is 10.8 Å². The van der Waals surface area contributed by atoms with Gasteiger partial charge in [0.1, 0.15) is 0 Å². The van der Waals surface area contributed by atoms with E-state index >= 15 is 0 Å². The van der Waals surface area contributed by atoms with Crippen molar-refractivity contribution in [2.24, 2.45) is 4.36 Å². The third-order valence-electron chi connectivity index (χ3n) is 0.127. The van der Waals surface area contributed by atoms with E-state index in [9.17, 15) is 8.42 Å². The smallest absolute Gasteiger partial charge is 0.163 e. The largest absolute Gasteiger partial charge is 0.324 e. The SMILES string of the molecule is C#CN=S(=O)=O.